The molecule has 25 heavy (non-hydrogen) atoms. The van der Waals surface area contributed by atoms with Gasteiger partial charge in [-0.2, -0.15) is 0 Å². The van der Waals surface area contributed by atoms with Crippen molar-refractivity contribution in [3.63, 3.8) is 0 Å². The molecule has 0 spiro atoms. The van der Waals surface area contributed by atoms with E-state index in [2.05, 4.69) is 27.0 Å². The Balaban J connectivity index is 1.44. The Kier molecular flexibility index (Phi) is 4.55. The Morgan fingerprint density at radius 1 is 1.08 bits per heavy atom. The minimum Gasteiger partial charge on any atom is -0.326 e. The van der Waals surface area contributed by atoms with Gasteiger partial charge < -0.3 is 9.88 Å². The van der Waals surface area contributed by atoms with E-state index in [1.165, 1.54) is 12.8 Å². The van der Waals surface area contributed by atoms with Crippen molar-refractivity contribution in [3.8, 4) is 11.4 Å². The minimum absolute atomic E-state index is 0.166. The molecule has 2 heterocycles. The van der Waals surface area contributed by atoms with E-state index in [1.807, 2.05) is 24.3 Å². The fourth-order valence-electron chi connectivity index (χ4n) is 3.99. The van der Waals surface area contributed by atoms with Crippen LogP contribution in [0, 0.1) is 11.8 Å². The molecule has 1 saturated carbocycles. The third-order valence-corrected chi connectivity index (χ3v) is 5.66. The number of fused-ring (bicyclic) bond motifs is 1. The average molecular weight is 338 g/mol. The summed E-state index contributed by atoms with van der Waals surface area (Å²) in [4.78, 5) is 12.4. The predicted molar refractivity (Wildman–Crippen MR) is 98.1 cm³/mol. The Labute approximate surface area is 148 Å². The molecule has 1 fully saturated rings. The summed E-state index contributed by atoms with van der Waals surface area (Å²) in [5.41, 5.74) is 1.93. The first kappa shape index (κ1) is 16.3. The second-order valence-electron chi connectivity index (χ2n) is 7.57. The highest BCUT2D eigenvalue weighted by atomic mass is 16.1. The van der Waals surface area contributed by atoms with Gasteiger partial charge >= 0.3 is 0 Å². The number of carbonyl (C=O) groups excluding carboxylic acids is 1. The van der Waals surface area contributed by atoms with Gasteiger partial charge in [0.05, 0.1) is 0 Å². The van der Waals surface area contributed by atoms with Gasteiger partial charge in [-0.3, -0.25) is 4.79 Å². The first-order valence-electron chi connectivity index (χ1n) is 9.54. The van der Waals surface area contributed by atoms with Crippen molar-refractivity contribution in [2.24, 2.45) is 11.8 Å². The summed E-state index contributed by atoms with van der Waals surface area (Å²) in [5.74, 6) is 3.12. The molecule has 4 rings (SSSR count). The average Bonchev–Trinajstić information content (AvgIpc) is 3.07. The van der Waals surface area contributed by atoms with Gasteiger partial charge in [0.2, 0.25) is 5.91 Å². The van der Waals surface area contributed by atoms with Crippen molar-refractivity contribution < 1.29 is 4.79 Å². The van der Waals surface area contributed by atoms with Crippen molar-refractivity contribution in [1.29, 1.82) is 0 Å². The van der Waals surface area contributed by atoms with Crippen molar-refractivity contribution in [3.05, 3.63) is 30.1 Å². The van der Waals surface area contributed by atoms with Gasteiger partial charge in [0, 0.05) is 30.1 Å². The van der Waals surface area contributed by atoms with Gasteiger partial charge in [-0.05, 0) is 68.7 Å². The molecule has 1 amide bonds. The highest BCUT2D eigenvalue weighted by Gasteiger charge is 2.24. The van der Waals surface area contributed by atoms with E-state index in [0.717, 1.165) is 67.5 Å². The molecule has 1 aliphatic heterocycles. The maximum absolute atomic E-state index is 12.4. The number of amides is 1. The van der Waals surface area contributed by atoms with Crippen LogP contribution in [0.3, 0.4) is 0 Å². The van der Waals surface area contributed by atoms with Crippen LogP contribution in [0.1, 0.15) is 51.3 Å². The van der Waals surface area contributed by atoms with Crippen molar-refractivity contribution in [1.82, 2.24) is 14.8 Å². The molecule has 0 unspecified atom stereocenters. The molecule has 1 N–H and O–H groups in total. The van der Waals surface area contributed by atoms with Crippen molar-refractivity contribution in [2.75, 3.05) is 5.32 Å². The van der Waals surface area contributed by atoms with Crippen molar-refractivity contribution in [2.45, 2.75) is 58.4 Å². The number of hydrogen-bond acceptors (Lipinski definition) is 3. The summed E-state index contributed by atoms with van der Waals surface area (Å²) in [7, 11) is 0. The van der Waals surface area contributed by atoms with E-state index in [1.54, 1.807) is 0 Å². The second-order valence-corrected chi connectivity index (χ2v) is 7.57. The molecule has 2 aliphatic rings. The van der Waals surface area contributed by atoms with E-state index >= 15 is 0 Å². The molecular formula is C20H26N4O. The lowest BCUT2D eigenvalue weighted by Gasteiger charge is -2.25. The second kappa shape index (κ2) is 6.98. The first-order chi connectivity index (χ1) is 12.2. The van der Waals surface area contributed by atoms with Gasteiger partial charge in [-0.1, -0.05) is 6.92 Å². The highest BCUT2D eigenvalue weighted by molar-refractivity contribution is 5.92. The Hall–Kier alpha value is -2.17. The van der Waals surface area contributed by atoms with Crippen LogP contribution in [0.15, 0.2) is 24.3 Å². The largest absolute Gasteiger partial charge is 0.326 e. The maximum Gasteiger partial charge on any atom is 0.227 e. The smallest absolute Gasteiger partial charge is 0.227 e. The lowest BCUT2D eigenvalue weighted by molar-refractivity contribution is -0.121. The first-order valence-corrected chi connectivity index (χ1v) is 9.54. The molecule has 0 bridgehead atoms. The molecule has 2 aromatic rings. The SMILES string of the molecule is CC1CCC(C(=O)Nc2ccc(-c3nnc4n3CCCC4)cc2)CC1. The third-order valence-electron chi connectivity index (χ3n) is 5.66. The lowest BCUT2D eigenvalue weighted by atomic mass is 9.82. The zero-order chi connectivity index (χ0) is 17.2. The molecule has 1 aliphatic carbocycles. The minimum atomic E-state index is 0.166. The Bertz CT molecular complexity index is 742. The molecular weight excluding hydrogens is 312 g/mol. The topological polar surface area (TPSA) is 59.8 Å². The summed E-state index contributed by atoms with van der Waals surface area (Å²) in [6.45, 7) is 3.27. The van der Waals surface area contributed by atoms with Crippen LogP contribution >= 0.6 is 0 Å². The molecule has 1 aromatic heterocycles. The Morgan fingerprint density at radius 2 is 1.84 bits per heavy atom. The normalized spacial score (nSPS) is 23.1. The summed E-state index contributed by atoms with van der Waals surface area (Å²) in [5, 5.41) is 11.8. The van der Waals surface area contributed by atoms with Gasteiger partial charge in [0.25, 0.3) is 0 Å². The Morgan fingerprint density at radius 3 is 2.60 bits per heavy atom. The summed E-state index contributed by atoms with van der Waals surface area (Å²) in [6, 6.07) is 8.02. The fourth-order valence-corrected chi connectivity index (χ4v) is 3.99. The van der Waals surface area contributed by atoms with Gasteiger partial charge in [0.1, 0.15) is 5.82 Å². The molecule has 0 atom stereocenters. The number of benzene rings is 1. The third kappa shape index (κ3) is 3.46. The van der Waals surface area contributed by atoms with Gasteiger partial charge in [0.15, 0.2) is 5.82 Å². The predicted octanol–water partition coefficient (Wildman–Crippen LogP) is 4.05. The standard InChI is InChI=1S/C20H26N4O/c1-14-5-7-16(8-6-14)20(25)21-17-11-9-15(10-12-17)19-23-22-18-4-2-3-13-24(18)19/h9-12,14,16H,2-8,13H2,1H3,(H,21,25). The summed E-state index contributed by atoms with van der Waals surface area (Å²) >= 11 is 0. The molecule has 1 aromatic carbocycles. The number of aromatic nitrogens is 3. The van der Waals surface area contributed by atoms with Crippen LogP contribution in [0.25, 0.3) is 11.4 Å². The molecule has 5 heteroatoms. The molecule has 132 valence electrons. The number of hydrogen-bond donors (Lipinski definition) is 1. The van der Waals surface area contributed by atoms with E-state index in [4.69, 9.17) is 0 Å². The van der Waals surface area contributed by atoms with Crippen molar-refractivity contribution >= 4 is 11.6 Å². The number of aryl methyl sites for hydroxylation is 1. The van der Waals surface area contributed by atoms with Crippen LogP contribution in [0.2, 0.25) is 0 Å². The zero-order valence-corrected chi connectivity index (χ0v) is 14.9. The number of carbonyl (C=O) groups is 1. The number of anilines is 1. The number of nitrogens with one attached hydrogen (secondary N) is 1. The van der Waals surface area contributed by atoms with Crippen LogP contribution in [0.5, 0.6) is 0 Å². The quantitative estimate of drug-likeness (QED) is 0.918. The van der Waals surface area contributed by atoms with E-state index in [9.17, 15) is 4.79 Å². The molecule has 5 nitrogen and oxygen atoms in total. The number of nitrogens with zero attached hydrogens (tertiary/aromatic N) is 3. The van der Waals surface area contributed by atoms with Gasteiger partial charge in [-0.15, -0.1) is 10.2 Å². The fraction of sp³-hybridized carbons (Fsp3) is 0.550. The van der Waals surface area contributed by atoms with Gasteiger partial charge in [-0.25, -0.2) is 0 Å². The molecule has 0 saturated heterocycles. The number of rotatable bonds is 3. The van der Waals surface area contributed by atoms with E-state index in [-0.39, 0.29) is 11.8 Å². The van der Waals surface area contributed by atoms with Crippen LogP contribution in [0.4, 0.5) is 5.69 Å². The van der Waals surface area contributed by atoms with Crippen LogP contribution in [-0.4, -0.2) is 20.7 Å². The molecule has 0 radical (unpaired) electrons. The van der Waals surface area contributed by atoms with Crippen LogP contribution < -0.4 is 5.32 Å². The lowest BCUT2D eigenvalue weighted by Crippen LogP contribution is -2.26. The monoisotopic (exact) mass is 338 g/mol. The van der Waals surface area contributed by atoms with Crippen LogP contribution in [-0.2, 0) is 17.8 Å². The summed E-state index contributed by atoms with van der Waals surface area (Å²) < 4.78 is 2.22. The van der Waals surface area contributed by atoms with E-state index < -0.39 is 0 Å². The maximum atomic E-state index is 12.4. The highest BCUT2D eigenvalue weighted by Crippen LogP contribution is 2.29. The van der Waals surface area contributed by atoms with E-state index in [0.29, 0.717) is 0 Å². The zero-order valence-electron chi connectivity index (χ0n) is 14.9. The summed E-state index contributed by atoms with van der Waals surface area (Å²) in [6.07, 6.45) is 7.74.